The number of nitrogens with zero attached hydrogens (tertiary/aromatic N) is 4. The highest BCUT2D eigenvalue weighted by atomic mass is 19.1. The van der Waals surface area contributed by atoms with E-state index in [-0.39, 0.29) is 17.2 Å². The monoisotopic (exact) mass is 443 g/mol. The van der Waals surface area contributed by atoms with E-state index in [4.69, 9.17) is 5.26 Å². The second kappa shape index (κ2) is 8.51. The maximum absolute atomic E-state index is 13.3. The van der Waals surface area contributed by atoms with Crippen molar-refractivity contribution in [1.29, 1.82) is 5.26 Å². The number of aromatic nitrogens is 2. The largest absolute Gasteiger partial charge is 0.322 e. The predicted molar refractivity (Wildman–Crippen MR) is 121 cm³/mol. The lowest BCUT2D eigenvalue weighted by atomic mass is 9.79. The first-order chi connectivity index (χ1) is 16.0. The molecule has 2 amide bonds. The fraction of sp³-hybridized carbons (Fsp3) is 0.280. The number of fused-ring (bicyclic) bond motifs is 1. The first-order valence-electron chi connectivity index (χ1n) is 10.9. The van der Waals surface area contributed by atoms with Crippen molar-refractivity contribution in [3.8, 4) is 6.07 Å². The fourth-order valence-electron chi connectivity index (χ4n) is 4.45. The van der Waals surface area contributed by atoms with E-state index in [1.54, 1.807) is 33.8 Å². The Hall–Kier alpha value is -3.99. The number of carbonyl (C=O) groups excluding carboxylic acids is 2. The van der Waals surface area contributed by atoms with Crippen LogP contribution in [0.4, 0.5) is 15.8 Å². The molecule has 5 rings (SSSR count). The Morgan fingerprint density at radius 3 is 2.70 bits per heavy atom. The van der Waals surface area contributed by atoms with Crippen molar-refractivity contribution >= 4 is 23.2 Å². The second-order valence-electron chi connectivity index (χ2n) is 8.54. The van der Waals surface area contributed by atoms with Crippen molar-refractivity contribution < 1.29 is 14.0 Å². The molecule has 33 heavy (non-hydrogen) atoms. The van der Waals surface area contributed by atoms with Gasteiger partial charge >= 0.3 is 0 Å². The molecule has 3 aromatic rings. The number of alkyl halides is 1. The van der Waals surface area contributed by atoms with Gasteiger partial charge in [0.25, 0.3) is 11.8 Å². The van der Waals surface area contributed by atoms with Gasteiger partial charge in [0.2, 0.25) is 0 Å². The molecule has 1 aliphatic heterocycles. The molecule has 1 fully saturated rings. The maximum Gasteiger partial charge on any atom is 0.277 e. The van der Waals surface area contributed by atoms with Crippen molar-refractivity contribution in [3.05, 3.63) is 77.1 Å². The van der Waals surface area contributed by atoms with E-state index in [0.29, 0.717) is 43.1 Å². The van der Waals surface area contributed by atoms with Gasteiger partial charge in [-0.3, -0.25) is 14.3 Å². The highest BCUT2D eigenvalue weighted by molar-refractivity contribution is 6.15. The third-order valence-corrected chi connectivity index (χ3v) is 6.27. The number of halogens is 1. The number of hydrogen-bond acceptors (Lipinski definition) is 4. The number of benzene rings is 2. The van der Waals surface area contributed by atoms with Crippen molar-refractivity contribution in [2.75, 3.05) is 16.8 Å². The molecule has 0 bridgehead atoms. The van der Waals surface area contributed by atoms with Crippen LogP contribution in [0, 0.1) is 17.2 Å². The minimum absolute atomic E-state index is 0.189. The Morgan fingerprint density at radius 1 is 1.18 bits per heavy atom. The summed E-state index contributed by atoms with van der Waals surface area (Å²) in [6.07, 6.45) is 2.84. The molecule has 1 aromatic heterocycles. The van der Waals surface area contributed by atoms with E-state index in [0.717, 1.165) is 17.7 Å². The van der Waals surface area contributed by atoms with E-state index in [1.165, 1.54) is 6.20 Å². The average molecular weight is 443 g/mol. The predicted octanol–water partition coefficient (Wildman–Crippen LogP) is 3.96. The maximum atomic E-state index is 13.3. The molecule has 0 saturated heterocycles. The van der Waals surface area contributed by atoms with E-state index < -0.39 is 12.1 Å². The third kappa shape index (κ3) is 4.10. The SMILES string of the molecule is N#Cc1cccc(NC(=O)c2cnn3c2C(=O)N(c2ccc(CC4CC(F)C4)cc2)CC3)c1. The minimum Gasteiger partial charge on any atom is -0.322 e. The molecule has 1 N–H and O–H groups in total. The zero-order valence-corrected chi connectivity index (χ0v) is 17.9. The number of carbonyl (C=O) groups is 2. The second-order valence-corrected chi connectivity index (χ2v) is 8.54. The Bertz CT molecular complexity index is 1250. The molecule has 0 atom stereocenters. The summed E-state index contributed by atoms with van der Waals surface area (Å²) in [4.78, 5) is 27.9. The zero-order chi connectivity index (χ0) is 22.9. The summed E-state index contributed by atoms with van der Waals surface area (Å²) in [5, 5.41) is 16.0. The number of amides is 2. The first-order valence-corrected chi connectivity index (χ1v) is 10.9. The van der Waals surface area contributed by atoms with Gasteiger partial charge in [0.15, 0.2) is 0 Å². The Labute approximate surface area is 190 Å². The van der Waals surface area contributed by atoms with Crippen LogP contribution < -0.4 is 10.2 Å². The van der Waals surface area contributed by atoms with Gasteiger partial charge in [-0.1, -0.05) is 18.2 Å². The van der Waals surface area contributed by atoms with Gasteiger partial charge in [-0.25, -0.2) is 4.39 Å². The molecular formula is C25H22FN5O2. The van der Waals surface area contributed by atoms with Crippen molar-refractivity contribution in [2.45, 2.75) is 32.0 Å². The third-order valence-electron chi connectivity index (χ3n) is 6.27. The summed E-state index contributed by atoms with van der Waals surface area (Å²) in [7, 11) is 0. The Balaban J connectivity index is 1.33. The number of anilines is 2. The molecule has 166 valence electrons. The lowest BCUT2D eigenvalue weighted by Gasteiger charge is -2.30. The van der Waals surface area contributed by atoms with Crippen LogP contribution in [0.15, 0.2) is 54.7 Å². The van der Waals surface area contributed by atoms with Crippen LogP contribution in [0.5, 0.6) is 0 Å². The lowest BCUT2D eigenvalue weighted by molar-refractivity contribution is 0.0946. The normalized spacial score (nSPS) is 19.4. The van der Waals surface area contributed by atoms with E-state index in [9.17, 15) is 14.0 Å². The van der Waals surface area contributed by atoms with Crippen LogP contribution >= 0.6 is 0 Å². The highest BCUT2D eigenvalue weighted by Crippen LogP contribution is 2.33. The van der Waals surface area contributed by atoms with Gasteiger partial charge in [-0.05, 0) is 61.1 Å². The van der Waals surface area contributed by atoms with Gasteiger partial charge < -0.3 is 10.2 Å². The molecule has 1 aliphatic carbocycles. The number of nitrogens with one attached hydrogen (secondary N) is 1. The van der Waals surface area contributed by atoms with Gasteiger partial charge in [-0.2, -0.15) is 10.4 Å². The fourth-order valence-corrected chi connectivity index (χ4v) is 4.45. The average Bonchev–Trinajstić information content (AvgIpc) is 3.24. The molecule has 0 spiro atoms. The van der Waals surface area contributed by atoms with Crippen LogP contribution in [-0.2, 0) is 13.0 Å². The molecule has 2 aliphatic rings. The number of hydrogen-bond donors (Lipinski definition) is 1. The smallest absolute Gasteiger partial charge is 0.277 e. The van der Waals surface area contributed by atoms with Gasteiger partial charge in [-0.15, -0.1) is 0 Å². The topological polar surface area (TPSA) is 91.0 Å². The van der Waals surface area contributed by atoms with Crippen LogP contribution in [-0.4, -0.2) is 34.3 Å². The number of nitriles is 1. The molecule has 0 radical (unpaired) electrons. The van der Waals surface area contributed by atoms with Crippen LogP contribution in [0.1, 0.15) is 44.8 Å². The summed E-state index contributed by atoms with van der Waals surface area (Å²) in [5.41, 5.74) is 3.21. The molecule has 8 heteroatoms. The molecule has 7 nitrogen and oxygen atoms in total. The van der Waals surface area contributed by atoms with Crippen molar-refractivity contribution in [3.63, 3.8) is 0 Å². The Kier molecular flexibility index (Phi) is 5.38. The summed E-state index contributed by atoms with van der Waals surface area (Å²) in [5.74, 6) is -0.350. The van der Waals surface area contributed by atoms with Crippen molar-refractivity contribution in [1.82, 2.24) is 9.78 Å². The Morgan fingerprint density at radius 2 is 1.97 bits per heavy atom. The van der Waals surface area contributed by atoms with Crippen LogP contribution in [0.3, 0.4) is 0 Å². The summed E-state index contributed by atoms with van der Waals surface area (Å²) >= 11 is 0. The summed E-state index contributed by atoms with van der Waals surface area (Å²) in [6, 6.07) is 16.4. The molecule has 2 heterocycles. The molecule has 0 unspecified atom stereocenters. The molecular weight excluding hydrogens is 421 g/mol. The van der Waals surface area contributed by atoms with Gasteiger partial charge in [0.05, 0.1) is 29.9 Å². The summed E-state index contributed by atoms with van der Waals surface area (Å²) < 4.78 is 14.6. The van der Waals surface area contributed by atoms with Crippen LogP contribution in [0.25, 0.3) is 0 Å². The summed E-state index contributed by atoms with van der Waals surface area (Å²) in [6.45, 7) is 0.921. The van der Waals surface area contributed by atoms with Gasteiger partial charge in [0.1, 0.15) is 11.9 Å². The van der Waals surface area contributed by atoms with Crippen LogP contribution in [0.2, 0.25) is 0 Å². The highest BCUT2D eigenvalue weighted by Gasteiger charge is 2.32. The van der Waals surface area contributed by atoms with Gasteiger partial charge in [0, 0.05) is 17.9 Å². The minimum atomic E-state index is -0.660. The van der Waals surface area contributed by atoms with E-state index in [1.807, 2.05) is 30.3 Å². The van der Waals surface area contributed by atoms with E-state index >= 15 is 0 Å². The lowest BCUT2D eigenvalue weighted by Crippen LogP contribution is -2.41. The first kappa shape index (κ1) is 20.9. The van der Waals surface area contributed by atoms with E-state index in [2.05, 4.69) is 10.4 Å². The quantitative estimate of drug-likeness (QED) is 0.646. The standard InChI is InChI=1S/C25H22FN5O2/c26-19-11-18(12-19)10-16-4-6-21(7-5-16)30-8-9-31-23(25(30)33)22(15-28-31)24(32)29-20-3-1-2-17(13-20)14-27/h1-7,13,15,18-19H,8-12H2,(H,29,32). The van der Waals surface area contributed by atoms with Crippen molar-refractivity contribution in [2.24, 2.45) is 5.92 Å². The zero-order valence-electron chi connectivity index (χ0n) is 17.9. The molecule has 2 aromatic carbocycles. The number of rotatable bonds is 5. The molecule has 1 saturated carbocycles.